The van der Waals surface area contributed by atoms with Crippen LogP contribution in [0.15, 0.2) is 17.3 Å². The van der Waals surface area contributed by atoms with E-state index in [0.717, 1.165) is 19.5 Å². The SMILES string of the molecule is CN1CCC(CNS(=O)(=O)c2cn[nH]c2)C1. The van der Waals surface area contributed by atoms with Gasteiger partial charge in [-0.3, -0.25) is 5.10 Å². The minimum Gasteiger partial charge on any atom is -0.306 e. The number of nitrogens with one attached hydrogen (secondary N) is 2. The van der Waals surface area contributed by atoms with Gasteiger partial charge in [0.2, 0.25) is 10.0 Å². The summed E-state index contributed by atoms with van der Waals surface area (Å²) in [5.74, 6) is 0.409. The molecule has 0 aromatic carbocycles. The average molecular weight is 244 g/mol. The molecule has 1 aliphatic rings. The molecule has 1 aromatic heterocycles. The van der Waals surface area contributed by atoms with Crippen molar-refractivity contribution in [2.75, 3.05) is 26.7 Å². The zero-order chi connectivity index (χ0) is 11.6. The minimum absolute atomic E-state index is 0.193. The second-order valence-electron chi connectivity index (χ2n) is 4.20. The molecule has 0 amide bonds. The minimum atomic E-state index is -3.38. The van der Waals surface area contributed by atoms with Crippen LogP contribution in [0.4, 0.5) is 0 Å². The summed E-state index contributed by atoms with van der Waals surface area (Å²) in [5.41, 5.74) is 0. The Morgan fingerprint density at radius 2 is 2.50 bits per heavy atom. The van der Waals surface area contributed by atoms with E-state index in [1.807, 2.05) is 7.05 Å². The lowest BCUT2D eigenvalue weighted by Gasteiger charge is -2.11. The normalized spacial score (nSPS) is 22.7. The lowest BCUT2D eigenvalue weighted by molar-refractivity contribution is 0.394. The number of hydrogen-bond acceptors (Lipinski definition) is 4. The van der Waals surface area contributed by atoms with Crippen molar-refractivity contribution < 1.29 is 8.42 Å². The Hall–Kier alpha value is -0.920. The van der Waals surface area contributed by atoms with Gasteiger partial charge in [-0.25, -0.2) is 13.1 Å². The first kappa shape index (κ1) is 11.6. The van der Waals surface area contributed by atoms with Crippen LogP contribution in [0.25, 0.3) is 0 Å². The van der Waals surface area contributed by atoms with Gasteiger partial charge in [0.25, 0.3) is 0 Å². The van der Waals surface area contributed by atoms with Crippen LogP contribution < -0.4 is 4.72 Å². The molecule has 2 heterocycles. The molecule has 0 bridgehead atoms. The number of H-pyrrole nitrogens is 1. The van der Waals surface area contributed by atoms with Gasteiger partial charge in [0, 0.05) is 19.3 Å². The Balaban J connectivity index is 1.91. The molecule has 1 aromatic rings. The smallest absolute Gasteiger partial charge is 0.243 e. The lowest BCUT2D eigenvalue weighted by atomic mass is 10.1. The molecule has 0 spiro atoms. The molecule has 16 heavy (non-hydrogen) atoms. The van der Waals surface area contributed by atoms with Crippen molar-refractivity contribution >= 4 is 10.0 Å². The summed E-state index contributed by atoms with van der Waals surface area (Å²) in [5, 5.41) is 6.12. The largest absolute Gasteiger partial charge is 0.306 e. The number of likely N-dealkylation sites (tertiary alicyclic amines) is 1. The molecule has 1 aliphatic heterocycles. The Kier molecular flexibility index (Phi) is 3.27. The number of aromatic nitrogens is 2. The third-order valence-corrected chi connectivity index (χ3v) is 4.22. The third-order valence-electron chi connectivity index (χ3n) is 2.83. The molecule has 2 N–H and O–H groups in total. The predicted molar refractivity (Wildman–Crippen MR) is 59.4 cm³/mol. The monoisotopic (exact) mass is 244 g/mol. The first-order chi connectivity index (χ1) is 7.58. The summed E-state index contributed by atoms with van der Waals surface area (Å²) in [6.07, 6.45) is 3.73. The van der Waals surface area contributed by atoms with E-state index in [2.05, 4.69) is 19.8 Å². The van der Waals surface area contributed by atoms with Crippen molar-refractivity contribution in [1.29, 1.82) is 0 Å². The van der Waals surface area contributed by atoms with Crippen LogP contribution in [0.5, 0.6) is 0 Å². The van der Waals surface area contributed by atoms with Crippen LogP contribution in [-0.2, 0) is 10.0 Å². The summed E-state index contributed by atoms with van der Waals surface area (Å²) in [4.78, 5) is 2.40. The molecule has 0 saturated carbocycles. The number of nitrogens with zero attached hydrogens (tertiary/aromatic N) is 2. The van der Waals surface area contributed by atoms with Crippen LogP contribution in [0.3, 0.4) is 0 Å². The van der Waals surface area contributed by atoms with Gasteiger partial charge < -0.3 is 4.90 Å². The van der Waals surface area contributed by atoms with E-state index in [0.29, 0.717) is 12.5 Å². The zero-order valence-corrected chi connectivity index (χ0v) is 10.00. The van der Waals surface area contributed by atoms with Crippen molar-refractivity contribution in [3.05, 3.63) is 12.4 Å². The fraction of sp³-hybridized carbons (Fsp3) is 0.667. The van der Waals surface area contributed by atoms with E-state index >= 15 is 0 Å². The van der Waals surface area contributed by atoms with Gasteiger partial charge >= 0.3 is 0 Å². The summed E-state index contributed by atoms with van der Waals surface area (Å²) < 4.78 is 26.1. The number of aromatic amines is 1. The van der Waals surface area contributed by atoms with E-state index in [1.54, 1.807) is 0 Å². The molecular weight excluding hydrogens is 228 g/mol. The summed E-state index contributed by atoms with van der Waals surface area (Å²) in [6, 6.07) is 0. The summed E-state index contributed by atoms with van der Waals surface area (Å²) >= 11 is 0. The van der Waals surface area contributed by atoms with E-state index in [4.69, 9.17) is 0 Å². The van der Waals surface area contributed by atoms with E-state index in [9.17, 15) is 8.42 Å². The summed E-state index contributed by atoms with van der Waals surface area (Å²) in [7, 11) is -1.34. The Morgan fingerprint density at radius 3 is 3.06 bits per heavy atom. The molecular formula is C9H16N4O2S. The molecule has 1 unspecified atom stereocenters. The van der Waals surface area contributed by atoms with Crippen LogP contribution in [0.1, 0.15) is 6.42 Å². The summed E-state index contributed by atoms with van der Waals surface area (Å²) in [6.45, 7) is 2.49. The fourth-order valence-electron chi connectivity index (χ4n) is 1.89. The van der Waals surface area contributed by atoms with Crippen molar-refractivity contribution in [2.45, 2.75) is 11.3 Å². The predicted octanol–water partition coefficient (Wildman–Crippen LogP) is -0.360. The molecule has 2 rings (SSSR count). The number of rotatable bonds is 4. The second kappa shape index (κ2) is 4.52. The molecule has 0 radical (unpaired) electrons. The van der Waals surface area contributed by atoms with Gasteiger partial charge in [-0.2, -0.15) is 5.10 Å². The van der Waals surface area contributed by atoms with Crippen molar-refractivity contribution in [2.24, 2.45) is 5.92 Å². The highest BCUT2D eigenvalue weighted by Gasteiger charge is 2.22. The molecule has 1 saturated heterocycles. The third kappa shape index (κ3) is 2.60. The van der Waals surface area contributed by atoms with Crippen molar-refractivity contribution in [3.8, 4) is 0 Å². The van der Waals surface area contributed by atoms with Gasteiger partial charge in [-0.05, 0) is 25.9 Å². The molecule has 90 valence electrons. The maximum absolute atomic E-state index is 11.7. The van der Waals surface area contributed by atoms with Gasteiger partial charge in [0.15, 0.2) is 0 Å². The lowest BCUT2D eigenvalue weighted by Crippen LogP contribution is -2.30. The Labute approximate surface area is 95.1 Å². The molecule has 1 atom stereocenters. The van der Waals surface area contributed by atoms with Crippen LogP contribution in [-0.4, -0.2) is 50.2 Å². The van der Waals surface area contributed by atoms with Gasteiger partial charge in [-0.15, -0.1) is 0 Å². The molecule has 1 fully saturated rings. The fourth-order valence-corrected chi connectivity index (χ4v) is 2.91. The quantitative estimate of drug-likeness (QED) is 0.758. The maximum Gasteiger partial charge on any atom is 0.243 e. The van der Waals surface area contributed by atoms with Gasteiger partial charge in [-0.1, -0.05) is 0 Å². The first-order valence-corrected chi connectivity index (χ1v) is 6.73. The molecule has 6 nitrogen and oxygen atoms in total. The van der Waals surface area contributed by atoms with Gasteiger partial charge in [0.05, 0.1) is 6.20 Å². The van der Waals surface area contributed by atoms with Crippen molar-refractivity contribution in [1.82, 2.24) is 19.8 Å². The number of hydrogen-bond donors (Lipinski definition) is 2. The molecule has 7 heteroatoms. The average Bonchev–Trinajstić information content (AvgIpc) is 2.85. The highest BCUT2D eigenvalue weighted by molar-refractivity contribution is 7.89. The van der Waals surface area contributed by atoms with Gasteiger partial charge in [0.1, 0.15) is 4.90 Å². The topological polar surface area (TPSA) is 78.1 Å². The highest BCUT2D eigenvalue weighted by Crippen LogP contribution is 2.14. The standard InChI is InChI=1S/C9H16N4O2S/c1-13-3-2-8(7-13)4-12-16(14,15)9-5-10-11-6-9/h5-6,8,12H,2-4,7H2,1H3,(H,10,11). The van der Waals surface area contributed by atoms with Crippen molar-refractivity contribution in [3.63, 3.8) is 0 Å². The van der Waals surface area contributed by atoms with E-state index in [-0.39, 0.29) is 4.90 Å². The van der Waals surface area contributed by atoms with E-state index < -0.39 is 10.0 Å². The number of sulfonamides is 1. The van der Waals surface area contributed by atoms with Crippen LogP contribution in [0.2, 0.25) is 0 Å². The van der Waals surface area contributed by atoms with Crippen LogP contribution in [0, 0.1) is 5.92 Å². The van der Waals surface area contributed by atoms with E-state index in [1.165, 1.54) is 12.4 Å². The first-order valence-electron chi connectivity index (χ1n) is 5.25. The Morgan fingerprint density at radius 1 is 1.69 bits per heavy atom. The maximum atomic E-state index is 11.7. The highest BCUT2D eigenvalue weighted by atomic mass is 32.2. The molecule has 0 aliphatic carbocycles. The van der Waals surface area contributed by atoms with Crippen LogP contribution >= 0.6 is 0 Å². The second-order valence-corrected chi connectivity index (χ2v) is 5.97. The zero-order valence-electron chi connectivity index (χ0n) is 9.18. The Bertz CT molecular complexity index is 428.